The first-order valence-electron chi connectivity index (χ1n) is 2.55. The molecule has 0 aromatic carbocycles. The predicted octanol–water partition coefficient (Wildman–Crippen LogP) is 1.56. The Bertz CT molecular complexity index is 166. The monoisotopic (exact) mass is 140 g/mol. The molecule has 47 valence electrons. The molecule has 0 atom stereocenters. The highest BCUT2D eigenvalue weighted by Crippen LogP contribution is 2.11. The van der Waals surface area contributed by atoms with Crippen LogP contribution < -0.4 is 0 Å². The fourth-order valence-corrected chi connectivity index (χ4v) is 0.924. The van der Waals surface area contributed by atoms with Gasteiger partial charge in [-0.25, -0.2) is 10.1 Å². The minimum atomic E-state index is -0.156. The zero-order valence-corrected chi connectivity index (χ0v) is 5.60. The molecule has 1 heterocycles. The average molecular weight is 140 g/mol. The summed E-state index contributed by atoms with van der Waals surface area (Å²) in [6.45, 7) is 0. The molecule has 0 bridgehead atoms. The summed E-state index contributed by atoms with van der Waals surface area (Å²) >= 11 is 1.21. The molecule has 0 saturated heterocycles. The largest absolute Gasteiger partial charge is 0.250 e. The summed E-state index contributed by atoms with van der Waals surface area (Å²) in [6, 6.07) is 5.52. The van der Waals surface area contributed by atoms with Crippen LogP contribution in [0.4, 0.5) is 0 Å². The third-order valence-electron chi connectivity index (χ3n) is 0.845. The molecule has 1 rings (SSSR count). The highest BCUT2D eigenvalue weighted by atomic mass is 32.2. The van der Waals surface area contributed by atoms with Gasteiger partial charge in [0.05, 0.1) is 5.03 Å². The number of hydrogen-bond donors (Lipinski definition) is 0. The lowest BCUT2D eigenvalue weighted by Gasteiger charge is -1.90. The van der Waals surface area contributed by atoms with Gasteiger partial charge in [0.25, 0.3) is 0 Å². The Hall–Kier alpha value is -0.540. The molecule has 0 aliphatic rings. The molecule has 0 N–H and O–H groups in total. The molecule has 0 fully saturated rings. The summed E-state index contributed by atoms with van der Waals surface area (Å²) in [5.41, 5.74) is 0. The van der Waals surface area contributed by atoms with Crippen LogP contribution in [0.1, 0.15) is 0 Å². The second-order valence-corrected chi connectivity index (χ2v) is 2.37. The van der Waals surface area contributed by atoms with Crippen molar-refractivity contribution in [2.45, 2.75) is 5.03 Å². The maximum atomic E-state index is 10.0. The van der Waals surface area contributed by atoms with Gasteiger partial charge in [-0.05, 0) is 12.1 Å². The average Bonchev–Trinajstić information content (AvgIpc) is 1.91. The van der Waals surface area contributed by atoms with E-state index >= 15 is 0 Å². The molecule has 0 aliphatic heterocycles. The molecule has 0 spiro atoms. The van der Waals surface area contributed by atoms with E-state index in [9.17, 15) is 5.11 Å². The van der Waals surface area contributed by atoms with Crippen molar-refractivity contribution in [2.75, 3.05) is 5.94 Å². The van der Waals surface area contributed by atoms with Gasteiger partial charge in [-0.1, -0.05) is 17.8 Å². The van der Waals surface area contributed by atoms with E-state index in [2.05, 4.69) is 4.98 Å². The molecule has 3 heteroatoms. The van der Waals surface area contributed by atoms with Gasteiger partial charge in [-0.15, -0.1) is 0 Å². The van der Waals surface area contributed by atoms with Gasteiger partial charge in [0, 0.05) is 6.20 Å². The molecule has 0 amide bonds. The lowest BCUT2D eigenvalue weighted by atomic mass is 10.5. The van der Waals surface area contributed by atoms with E-state index in [4.69, 9.17) is 0 Å². The summed E-state index contributed by atoms with van der Waals surface area (Å²) in [6.07, 6.45) is 1.68. The van der Waals surface area contributed by atoms with Crippen molar-refractivity contribution in [2.24, 2.45) is 0 Å². The topological polar surface area (TPSA) is 32.8 Å². The van der Waals surface area contributed by atoms with Crippen LogP contribution in [0.5, 0.6) is 0 Å². The summed E-state index contributed by atoms with van der Waals surface area (Å²) in [5.74, 6) is -0.156. The van der Waals surface area contributed by atoms with Gasteiger partial charge in [0.1, 0.15) is 5.94 Å². The Morgan fingerprint density at radius 3 is 3.00 bits per heavy atom. The van der Waals surface area contributed by atoms with Crippen molar-refractivity contribution in [3.8, 4) is 0 Å². The first kappa shape index (κ1) is 6.58. The number of rotatable bonds is 2. The summed E-state index contributed by atoms with van der Waals surface area (Å²) in [4.78, 5) is 3.93. The second kappa shape index (κ2) is 3.48. The van der Waals surface area contributed by atoms with Crippen LogP contribution in [0.25, 0.3) is 0 Å². The first-order valence-corrected chi connectivity index (χ1v) is 3.54. The smallest absolute Gasteiger partial charge is 0.134 e. The minimum absolute atomic E-state index is 0.156. The van der Waals surface area contributed by atoms with Crippen molar-refractivity contribution >= 4 is 11.8 Å². The second-order valence-electron chi connectivity index (χ2n) is 1.43. The van der Waals surface area contributed by atoms with E-state index in [1.54, 1.807) is 6.20 Å². The van der Waals surface area contributed by atoms with Gasteiger partial charge in [-0.3, -0.25) is 0 Å². The van der Waals surface area contributed by atoms with Crippen LogP contribution in [0, 0.1) is 0 Å². The van der Waals surface area contributed by atoms with Crippen molar-refractivity contribution in [1.29, 1.82) is 0 Å². The molecule has 1 aromatic rings. The third-order valence-corrected chi connectivity index (χ3v) is 1.50. The number of hydrogen-bond acceptors (Lipinski definition) is 2. The first-order chi connectivity index (χ1) is 4.43. The van der Waals surface area contributed by atoms with E-state index in [1.807, 2.05) is 18.2 Å². The molecular weight excluding hydrogens is 134 g/mol. The van der Waals surface area contributed by atoms with E-state index in [1.165, 1.54) is 11.8 Å². The summed E-state index contributed by atoms with van der Waals surface area (Å²) < 4.78 is 0. The molecule has 0 saturated carbocycles. The van der Waals surface area contributed by atoms with Crippen molar-refractivity contribution < 1.29 is 5.11 Å². The lowest BCUT2D eigenvalue weighted by Crippen LogP contribution is -1.76. The molecule has 1 radical (unpaired) electrons. The molecule has 0 unspecified atom stereocenters. The lowest BCUT2D eigenvalue weighted by molar-refractivity contribution is 0.260. The summed E-state index contributed by atoms with van der Waals surface area (Å²) in [7, 11) is 0. The van der Waals surface area contributed by atoms with E-state index in [0.29, 0.717) is 0 Å². The fraction of sp³-hybridized carbons (Fsp3) is 0.167. The van der Waals surface area contributed by atoms with Gasteiger partial charge in [-0.2, -0.15) is 0 Å². The Morgan fingerprint density at radius 2 is 2.44 bits per heavy atom. The Morgan fingerprint density at radius 1 is 1.56 bits per heavy atom. The van der Waals surface area contributed by atoms with Gasteiger partial charge in [0.2, 0.25) is 0 Å². The van der Waals surface area contributed by atoms with Crippen LogP contribution in [0.2, 0.25) is 0 Å². The Kier molecular flexibility index (Phi) is 2.54. The van der Waals surface area contributed by atoms with Crippen molar-refractivity contribution in [3.05, 3.63) is 24.4 Å². The van der Waals surface area contributed by atoms with Crippen molar-refractivity contribution in [3.63, 3.8) is 0 Å². The van der Waals surface area contributed by atoms with Crippen LogP contribution in [-0.4, -0.2) is 10.9 Å². The van der Waals surface area contributed by atoms with Crippen molar-refractivity contribution in [1.82, 2.24) is 4.98 Å². The maximum Gasteiger partial charge on any atom is 0.134 e. The number of pyridine rings is 1. The molecule has 9 heavy (non-hydrogen) atoms. The Labute approximate surface area is 57.9 Å². The molecular formula is C6H6NOS. The quantitative estimate of drug-likeness (QED) is 0.461. The third kappa shape index (κ3) is 2.03. The maximum absolute atomic E-state index is 10.0. The SMILES string of the molecule is [O]CSc1ccccn1. The predicted molar refractivity (Wildman–Crippen MR) is 35.6 cm³/mol. The van der Waals surface area contributed by atoms with Gasteiger partial charge in [0.15, 0.2) is 0 Å². The van der Waals surface area contributed by atoms with E-state index in [-0.39, 0.29) is 5.94 Å². The number of aromatic nitrogens is 1. The standard InChI is InChI=1S/C6H6NOS/c8-5-9-6-3-1-2-4-7-6/h1-4H,5H2. The van der Waals surface area contributed by atoms with Crippen LogP contribution in [0.15, 0.2) is 29.4 Å². The highest BCUT2D eigenvalue weighted by Gasteiger charge is 1.88. The molecule has 0 aliphatic carbocycles. The van der Waals surface area contributed by atoms with Gasteiger partial charge >= 0.3 is 0 Å². The van der Waals surface area contributed by atoms with Crippen LogP contribution in [-0.2, 0) is 5.11 Å². The zero-order chi connectivity index (χ0) is 6.53. The summed E-state index contributed by atoms with van der Waals surface area (Å²) in [5, 5.41) is 10.8. The normalized spacial score (nSPS) is 9.44. The minimum Gasteiger partial charge on any atom is -0.250 e. The molecule has 2 nitrogen and oxygen atoms in total. The zero-order valence-electron chi connectivity index (χ0n) is 4.78. The number of thioether (sulfide) groups is 1. The fourth-order valence-electron chi connectivity index (χ4n) is 0.493. The Balaban J connectivity index is 2.61. The van der Waals surface area contributed by atoms with E-state index < -0.39 is 0 Å². The molecule has 1 aromatic heterocycles. The van der Waals surface area contributed by atoms with Gasteiger partial charge < -0.3 is 0 Å². The van der Waals surface area contributed by atoms with Crippen LogP contribution in [0.3, 0.4) is 0 Å². The van der Waals surface area contributed by atoms with E-state index in [0.717, 1.165) is 5.03 Å². The highest BCUT2D eigenvalue weighted by molar-refractivity contribution is 7.99. The number of nitrogens with zero attached hydrogens (tertiary/aromatic N) is 1. The van der Waals surface area contributed by atoms with Crippen LogP contribution >= 0.6 is 11.8 Å².